The van der Waals surface area contributed by atoms with E-state index in [4.69, 9.17) is 5.11 Å². The topological polar surface area (TPSA) is 43.7 Å². The molecule has 0 aliphatic heterocycles. The maximum absolute atomic E-state index is 9.68. The SMILES string of the molecule is CN(CCCCCO)C1CCCC1O. The molecule has 1 aliphatic rings. The summed E-state index contributed by atoms with van der Waals surface area (Å²) in [5.74, 6) is 0. The van der Waals surface area contributed by atoms with Crippen molar-refractivity contribution in [2.24, 2.45) is 0 Å². The minimum atomic E-state index is -0.113. The van der Waals surface area contributed by atoms with Gasteiger partial charge in [-0.2, -0.15) is 0 Å². The first kappa shape index (κ1) is 12.0. The fourth-order valence-corrected chi connectivity index (χ4v) is 2.25. The van der Waals surface area contributed by atoms with Crippen molar-refractivity contribution in [3.63, 3.8) is 0 Å². The molecule has 1 aliphatic carbocycles. The largest absolute Gasteiger partial charge is 0.396 e. The van der Waals surface area contributed by atoms with Crippen LogP contribution in [0.15, 0.2) is 0 Å². The minimum Gasteiger partial charge on any atom is -0.396 e. The second-order valence-electron chi connectivity index (χ2n) is 4.33. The van der Waals surface area contributed by atoms with Crippen LogP contribution in [0.5, 0.6) is 0 Å². The molecule has 14 heavy (non-hydrogen) atoms. The van der Waals surface area contributed by atoms with E-state index >= 15 is 0 Å². The number of hydrogen-bond donors (Lipinski definition) is 2. The first-order chi connectivity index (χ1) is 6.75. The Labute approximate surface area is 86.7 Å². The lowest BCUT2D eigenvalue weighted by Gasteiger charge is -2.26. The average molecular weight is 201 g/mol. The van der Waals surface area contributed by atoms with E-state index in [9.17, 15) is 5.11 Å². The number of likely N-dealkylation sites (N-methyl/N-ethyl adjacent to an activating group) is 1. The molecular weight excluding hydrogens is 178 g/mol. The second-order valence-corrected chi connectivity index (χ2v) is 4.33. The Morgan fingerprint density at radius 3 is 2.57 bits per heavy atom. The van der Waals surface area contributed by atoms with Crippen molar-refractivity contribution in [3.8, 4) is 0 Å². The number of hydrogen-bond acceptors (Lipinski definition) is 3. The number of aliphatic hydroxyl groups excluding tert-OH is 2. The van der Waals surface area contributed by atoms with Crippen LogP contribution in [0.1, 0.15) is 38.5 Å². The molecule has 84 valence electrons. The molecule has 0 aromatic rings. The van der Waals surface area contributed by atoms with Gasteiger partial charge in [0.05, 0.1) is 6.10 Å². The van der Waals surface area contributed by atoms with Crippen molar-refractivity contribution in [2.75, 3.05) is 20.2 Å². The molecular formula is C11H23NO2. The Balaban J connectivity index is 2.11. The Hall–Kier alpha value is -0.120. The van der Waals surface area contributed by atoms with Crippen LogP contribution in [0.3, 0.4) is 0 Å². The molecule has 0 aromatic heterocycles. The van der Waals surface area contributed by atoms with Gasteiger partial charge in [-0.15, -0.1) is 0 Å². The summed E-state index contributed by atoms with van der Waals surface area (Å²) in [5, 5.41) is 18.3. The maximum Gasteiger partial charge on any atom is 0.0695 e. The van der Waals surface area contributed by atoms with Gasteiger partial charge in [0, 0.05) is 12.6 Å². The smallest absolute Gasteiger partial charge is 0.0695 e. The predicted molar refractivity (Wildman–Crippen MR) is 57.2 cm³/mol. The lowest BCUT2D eigenvalue weighted by molar-refractivity contribution is 0.0851. The summed E-state index contributed by atoms with van der Waals surface area (Å²) in [4.78, 5) is 2.27. The van der Waals surface area contributed by atoms with E-state index in [0.29, 0.717) is 12.6 Å². The molecule has 1 saturated carbocycles. The molecule has 3 nitrogen and oxygen atoms in total. The van der Waals surface area contributed by atoms with Crippen molar-refractivity contribution in [3.05, 3.63) is 0 Å². The fraction of sp³-hybridized carbons (Fsp3) is 1.00. The van der Waals surface area contributed by atoms with E-state index in [0.717, 1.165) is 45.1 Å². The normalized spacial score (nSPS) is 27.4. The van der Waals surface area contributed by atoms with Gasteiger partial charge in [-0.1, -0.05) is 0 Å². The van der Waals surface area contributed by atoms with Crippen molar-refractivity contribution >= 4 is 0 Å². The standard InChI is InChI=1S/C11H23NO2/c1-12(8-3-2-4-9-13)10-6-5-7-11(10)14/h10-11,13-14H,2-9H2,1H3. The van der Waals surface area contributed by atoms with Gasteiger partial charge in [-0.3, -0.25) is 0 Å². The molecule has 1 fully saturated rings. The average Bonchev–Trinajstić information content (AvgIpc) is 2.59. The van der Waals surface area contributed by atoms with Gasteiger partial charge in [0.25, 0.3) is 0 Å². The second kappa shape index (κ2) is 6.38. The minimum absolute atomic E-state index is 0.113. The summed E-state index contributed by atoms with van der Waals surface area (Å²) in [7, 11) is 2.10. The van der Waals surface area contributed by atoms with Gasteiger partial charge < -0.3 is 15.1 Å². The van der Waals surface area contributed by atoms with E-state index in [1.165, 1.54) is 0 Å². The molecule has 2 unspecified atom stereocenters. The summed E-state index contributed by atoms with van der Waals surface area (Å²) >= 11 is 0. The van der Waals surface area contributed by atoms with Crippen molar-refractivity contribution in [1.82, 2.24) is 4.90 Å². The van der Waals surface area contributed by atoms with E-state index in [1.54, 1.807) is 0 Å². The molecule has 0 radical (unpaired) electrons. The zero-order chi connectivity index (χ0) is 10.4. The highest BCUT2D eigenvalue weighted by Crippen LogP contribution is 2.23. The van der Waals surface area contributed by atoms with Crippen LogP contribution in [0, 0.1) is 0 Å². The third-order valence-electron chi connectivity index (χ3n) is 3.18. The third kappa shape index (κ3) is 3.56. The molecule has 2 atom stereocenters. The lowest BCUT2D eigenvalue weighted by Crippen LogP contribution is -2.38. The van der Waals surface area contributed by atoms with Gasteiger partial charge in [-0.05, 0) is 52.1 Å². The van der Waals surface area contributed by atoms with Gasteiger partial charge in [0.15, 0.2) is 0 Å². The van der Waals surface area contributed by atoms with Gasteiger partial charge in [0.1, 0.15) is 0 Å². The maximum atomic E-state index is 9.68. The molecule has 0 saturated heterocycles. The lowest BCUT2D eigenvalue weighted by atomic mass is 10.1. The Morgan fingerprint density at radius 1 is 1.21 bits per heavy atom. The fourth-order valence-electron chi connectivity index (χ4n) is 2.25. The molecule has 3 heteroatoms. The van der Waals surface area contributed by atoms with Crippen LogP contribution in [0.4, 0.5) is 0 Å². The van der Waals surface area contributed by atoms with Crippen LogP contribution in [0.25, 0.3) is 0 Å². The van der Waals surface area contributed by atoms with Crippen molar-refractivity contribution in [1.29, 1.82) is 0 Å². The summed E-state index contributed by atoms with van der Waals surface area (Å²) in [6, 6.07) is 0.379. The number of aliphatic hydroxyl groups is 2. The van der Waals surface area contributed by atoms with Crippen LogP contribution in [-0.4, -0.2) is 47.5 Å². The number of rotatable bonds is 6. The monoisotopic (exact) mass is 201 g/mol. The Kier molecular flexibility index (Phi) is 5.45. The summed E-state index contributed by atoms with van der Waals surface area (Å²) in [5.41, 5.74) is 0. The summed E-state index contributed by atoms with van der Waals surface area (Å²) < 4.78 is 0. The quantitative estimate of drug-likeness (QED) is 0.630. The number of unbranched alkanes of at least 4 members (excludes halogenated alkanes) is 2. The van der Waals surface area contributed by atoms with Crippen LogP contribution < -0.4 is 0 Å². The van der Waals surface area contributed by atoms with E-state index in [1.807, 2.05) is 0 Å². The Morgan fingerprint density at radius 2 is 2.00 bits per heavy atom. The molecule has 0 spiro atoms. The third-order valence-corrected chi connectivity index (χ3v) is 3.18. The zero-order valence-corrected chi connectivity index (χ0v) is 9.15. The van der Waals surface area contributed by atoms with Gasteiger partial charge in [0.2, 0.25) is 0 Å². The first-order valence-electron chi connectivity index (χ1n) is 5.75. The molecule has 0 bridgehead atoms. The van der Waals surface area contributed by atoms with E-state index in [2.05, 4.69) is 11.9 Å². The predicted octanol–water partition coefficient (Wildman–Crippen LogP) is 0.994. The summed E-state index contributed by atoms with van der Waals surface area (Å²) in [6.45, 7) is 1.34. The highest BCUT2D eigenvalue weighted by atomic mass is 16.3. The Bertz CT molecular complexity index is 152. The van der Waals surface area contributed by atoms with Crippen molar-refractivity contribution in [2.45, 2.75) is 50.7 Å². The molecule has 0 aromatic carbocycles. The summed E-state index contributed by atoms with van der Waals surface area (Å²) in [6.07, 6.45) is 6.26. The molecule has 0 amide bonds. The van der Waals surface area contributed by atoms with Crippen molar-refractivity contribution < 1.29 is 10.2 Å². The molecule has 0 heterocycles. The zero-order valence-electron chi connectivity index (χ0n) is 9.15. The van der Waals surface area contributed by atoms with Crippen LogP contribution in [0.2, 0.25) is 0 Å². The molecule has 2 N–H and O–H groups in total. The highest BCUT2D eigenvalue weighted by molar-refractivity contribution is 4.83. The van der Waals surface area contributed by atoms with E-state index in [-0.39, 0.29) is 6.10 Å². The number of nitrogens with zero attached hydrogens (tertiary/aromatic N) is 1. The highest BCUT2D eigenvalue weighted by Gasteiger charge is 2.27. The van der Waals surface area contributed by atoms with Gasteiger partial charge >= 0.3 is 0 Å². The first-order valence-corrected chi connectivity index (χ1v) is 5.75. The van der Waals surface area contributed by atoms with Crippen LogP contribution in [-0.2, 0) is 0 Å². The van der Waals surface area contributed by atoms with E-state index < -0.39 is 0 Å². The molecule has 1 rings (SSSR count). The van der Waals surface area contributed by atoms with Crippen LogP contribution >= 0.6 is 0 Å². The van der Waals surface area contributed by atoms with Gasteiger partial charge in [-0.25, -0.2) is 0 Å².